The lowest BCUT2D eigenvalue weighted by Crippen LogP contribution is -2.17. The lowest BCUT2D eigenvalue weighted by atomic mass is 10.2. The topological polar surface area (TPSA) is 29.1 Å². The van der Waals surface area contributed by atoms with Crippen molar-refractivity contribution in [3.63, 3.8) is 0 Å². The monoisotopic (exact) mass is 287 g/mol. The summed E-state index contributed by atoms with van der Waals surface area (Å²) in [6.45, 7) is 1.50. The summed E-state index contributed by atoms with van der Waals surface area (Å²) >= 11 is 2.11. The van der Waals surface area contributed by atoms with Crippen molar-refractivity contribution in [3.8, 4) is 0 Å². The third-order valence-electron chi connectivity index (χ3n) is 1.50. The van der Waals surface area contributed by atoms with E-state index in [0.29, 0.717) is 0 Å². The first-order chi connectivity index (χ1) is 6.24. The van der Waals surface area contributed by atoms with Gasteiger partial charge in [0, 0.05) is 11.0 Å². The molecule has 0 fully saturated rings. The summed E-state index contributed by atoms with van der Waals surface area (Å²) in [4.78, 5) is 10.8. The predicted molar refractivity (Wildman–Crippen MR) is 62.3 cm³/mol. The van der Waals surface area contributed by atoms with Crippen LogP contribution in [0.25, 0.3) is 5.70 Å². The highest BCUT2D eigenvalue weighted by atomic mass is 127. The van der Waals surface area contributed by atoms with Crippen LogP contribution in [0.15, 0.2) is 34.4 Å². The Morgan fingerprint density at radius 1 is 1.38 bits per heavy atom. The van der Waals surface area contributed by atoms with Gasteiger partial charge in [-0.25, -0.2) is 0 Å². The van der Waals surface area contributed by atoms with E-state index >= 15 is 0 Å². The first-order valence-electron chi connectivity index (χ1n) is 3.87. The van der Waals surface area contributed by atoms with Crippen molar-refractivity contribution >= 4 is 34.2 Å². The maximum absolute atomic E-state index is 10.8. The Kier molecular flexibility index (Phi) is 3.95. The largest absolute Gasteiger partial charge is 0.325 e. The highest BCUT2D eigenvalue weighted by molar-refractivity contribution is 14.1. The lowest BCUT2D eigenvalue weighted by Gasteiger charge is -2.06. The normalized spacial score (nSPS) is 11.1. The van der Waals surface area contributed by atoms with Crippen LogP contribution in [0.1, 0.15) is 12.5 Å². The van der Waals surface area contributed by atoms with Crippen LogP contribution in [0.5, 0.6) is 0 Å². The summed E-state index contributed by atoms with van der Waals surface area (Å²) in [6.07, 6.45) is 0. The van der Waals surface area contributed by atoms with Gasteiger partial charge in [-0.05, 0) is 5.56 Å². The van der Waals surface area contributed by atoms with Crippen molar-refractivity contribution in [2.24, 2.45) is 0 Å². The van der Waals surface area contributed by atoms with E-state index < -0.39 is 0 Å². The molecule has 1 aromatic rings. The molecule has 13 heavy (non-hydrogen) atoms. The standard InChI is InChI=1S/C10H10INO/c1-8(13)12-10(7-11)9-5-3-2-4-6-9/h2-7H,1H3,(H,12,13)/b10-7+. The molecular weight excluding hydrogens is 277 g/mol. The van der Waals surface area contributed by atoms with E-state index in [4.69, 9.17) is 0 Å². The minimum Gasteiger partial charge on any atom is -0.325 e. The van der Waals surface area contributed by atoms with Gasteiger partial charge in [-0.15, -0.1) is 0 Å². The van der Waals surface area contributed by atoms with Gasteiger partial charge >= 0.3 is 0 Å². The Morgan fingerprint density at radius 3 is 2.46 bits per heavy atom. The second kappa shape index (κ2) is 5.01. The molecule has 0 radical (unpaired) electrons. The molecule has 1 aromatic carbocycles. The third-order valence-corrected chi connectivity index (χ3v) is 2.13. The Balaban J connectivity index is 2.86. The number of hydrogen-bond acceptors (Lipinski definition) is 1. The van der Waals surface area contributed by atoms with Crippen LogP contribution in [-0.4, -0.2) is 5.91 Å². The smallest absolute Gasteiger partial charge is 0.221 e. The number of hydrogen-bond donors (Lipinski definition) is 1. The van der Waals surface area contributed by atoms with Crippen molar-refractivity contribution in [1.29, 1.82) is 0 Å². The molecule has 0 aliphatic heterocycles. The van der Waals surface area contributed by atoms with Crippen LogP contribution in [0, 0.1) is 0 Å². The van der Waals surface area contributed by atoms with Crippen LogP contribution in [0.3, 0.4) is 0 Å². The maximum atomic E-state index is 10.8. The van der Waals surface area contributed by atoms with Crippen LogP contribution in [-0.2, 0) is 4.79 Å². The SMILES string of the molecule is CC(=O)N/C(=C/I)c1ccccc1. The summed E-state index contributed by atoms with van der Waals surface area (Å²) in [6, 6.07) is 9.75. The van der Waals surface area contributed by atoms with E-state index in [1.165, 1.54) is 6.92 Å². The molecule has 0 saturated carbocycles. The fourth-order valence-electron chi connectivity index (χ4n) is 0.970. The van der Waals surface area contributed by atoms with Crippen LogP contribution < -0.4 is 5.32 Å². The zero-order valence-electron chi connectivity index (χ0n) is 7.25. The molecule has 1 rings (SSSR count). The molecule has 68 valence electrons. The lowest BCUT2D eigenvalue weighted by molar-refractivity contribution is -0.117. The molecule has 0 unspecified atom stereocenters. The number of amides is 1. The Morgan fingerprint density at radius 2 is 2.00 bits per heavy atom. The highest BCUT2D eigenvalue weighted by Crippen LogP contribution is 2.12. The summed E-state index contributed by atoms with van der Waals surface area (Å²) in [5, 5.41) is 2.76. The fourth-order valence-corrected chi connectivity index (χ4v) is 1.49. The molecule has 0 saturated heterocycles. The van der Waals surface area contributed by atoms with Gasteiger partial charge < -0.3 is 5.32 Å². The van der Waals surface area contributed by atoms with E-state index in [2.05, 4.69) is 27.9 Å². The number of benzene rings is 1. The highest BCUT2D eigenvalue weighted by Gasteiger charge is 2.00. The number of carbonyl (C=O) groups excluding carboxylic acids is 1. The fraction of sp³-hybridized carbons (Fsp3) is 0.100. The number of nitrogens with one attached hydrogen (secondary N) is 1. The molecule has 1 N–H and O–H groups in total. The van der Waals surface area contributed by atoms with E-state index in [1.54, 1.807) is 0 Å². The van der Waals surface area contributed by atoms with Gasteiger partial charge in [0.25, 0.3) is 0 Å². The summed E-state index contributed by atoms with van der Waals surface area (Å²) in [5.74, 6) is -0.0493. The van der Waals surface area contributed by atoms with E-state index in [9.17, 15) is 4.79 Å². The van der Waals surface area contributed by atoms with Crippen LogP contribution >= 0.6 is 22.6 Å². The minimum atomic E-state index is -0.0493. The zero-order valence-corrected chi connectivity index (χ0v) is 9.41. The number of rotatable bonds is 2. The Labute approximate surface area is 91.2 Å². The van der Waals surface area contributed by atoms with Gasteiger partial charge in [0.2, 0.25) is 5.91 Å². The minimum absolute atomic E-state index is 0.0493. The summed E-state index contributed by atoms with van der Waals surface area (Å²) in [7, 11) is 0. The second-order valence-electron chi connectivity index (χ2n) is 2.57. The first-order valence-corrected chi connectivity index (χ1v) is 5.12. The number of carbonyl (C=O) groups is 1. The molecule has 3 heteroatoms. The van der Waals surface area contributed by atoms with Gasteiger partial charge in [0.15, 0.2) is 0 Å². The van der Waals surface area contributed by atoms with Gasteiger partial charge in [-0.3, -0.25) is 4.79 Å². The van der Waals surface area contributed by atoms with Crippen molar-refractivity contribution in [1.82, 2.24) is 5.32 Å². The summed E-state index contributed by atoms with van der Waals surface area (Å²) < 4.78 is 1.86. The van der Waals surface area contributed by atoms with Crippen molar-refractivity contribution in [3.05, 3.63) is 40.0 Å². The molecule has 0 spiro atoms. The molecule has 0 heterocycles. The van der Waals surface area contributed by atoms with Gasteiger partial charge in [-0.2, -0.15) is 0 Å². The van der Waals surface area contributed by atoms with Crippen molar-refractivity contribution in [2.45, 2.75) is 6.92 Å². The van der Waals surface area contributed by atoms with Gasteiger partial charge in [0.05, 0.1) is 5.70 Å². The van der Waals surface area contributed by atoms with Crippen molar-refractivity contribution < 1.29 is 4.79 Å². The zero-order chi connectivity index (χ0) is 9.68. The van der Waals surface area contributed by atoms with Gasteiger partial charge in [0.1, 0.15) is 0 Å². The quantitative estimate of drug-likeness (QED) is 0.832. The average molecular weight is 287 g/mol. The van der Waals surface area contributed by atoms with Gasteiger partial charge in [-0.1, -0.05) is 52.9 Å². The number of halogens is 1. The molecule has 0 aliphatic rings. The molecule has 2 nitrogen and oxygen atoms in total. The average Bonchev–Trinajstić information content (AvgIpc) is 2.15. The van der Waals surface area contributed by atoms with Crippen LogP contribution in [0.2, 0.25) is 0 Å². The van der Waals surface area contributed by atoms with Crippen LogP contribution in [0.4, 0.5) is 0 Å². The summed E-state index contributed by atoms with van der Waals surface area (Å²) in [5.41, 5.74) is 1.86. The maximum Gasteiger partial charge on any atom is 0.221 e. The molecule has 0 aromatic heterocycles. The Hall–Kier alpha value is -0.840. The Bertz CT molecular complexity index is 319. The van der Waals surface area contributed by atoms with Crippen molar-refractivity contribution in [2.75, 3.05) is 0 Å². The molecular formula is C10H10INO. The van der Waals surface area contributed by atoms with E-state index in [1.807, 2.05) is 34.4 Å². The van der Waals surface area contributed by atoms with E-state index in [-0.39, 0.29) is 5.91 Å². The molecule has 0 atom stereocenters. The second-order valence-corrected chi connectivity index (χ2v) is 3.19. The molecule has 0 aliphatic carbocycles. The first kappa shape index (κ1) is 10.2. The molecule has 0 bridgehead atoms. The third kappa shape index (κ3) is 3.18. The predicted octanol–water partition coefficient (Wildman–Crippen LogP) is 2.56. The molecule has 1 amide bonds. The van der Waals surface area contributed by atoms with E-state index in [0.717, 1.165) is 11.3 Å².